The zero-order valence-corrected chi connectivity index (χ0v) is 12.2. The lowest BCUT2D eigenvalue weighted by molar-refractivity contribution is 0.0691. The lowest BCUT2D eigenvalue weighted by Gasteiger charge is -2.21. The van der Waals surface area contributed by atoms with Gasteiger partial charge >= 0.3 is 5.97 Å². The Balaban J connectivity index is 3.46. The summed E-state index contributed by atoms with van der Waals surface area (Å²) in [5.41, 5.74) is -0.881. The van der Waals surface area contributed by atoms with Crippen LogP contribution in [0.1, 0.15) is 10.4 Å². The maximum atomic E-state index is 14.1. The van der Waals surface area contributed by atoms with E-state index in [2.05, 4.69) is 0 Å². The van der Waals surface area contributed by atoms with Gasteiger partial charge in [0, 0.05) is 18.1 Å². The van der Waals surface area contributed by atoms with Gasteiger partial charge in [-0.3, -0.25) is 0 Å². The Labute approximate surface area is 125 Å². The average molecular weight is 342 g/mol. The van der Waals surface area contributed by atoms with Crippen molar-refractivity contribution in [3.8, 4) is 0 Å². The first-order valence-electron chi connectivity index (χ1n) is 5.70. The fraction of sp³-hybridized carbons (Fsp3) is 0.364. The van der Waals surface area contributed by atoms with Crippen molar-refractivity contribution in [1.29, 1.82) is 0 Å². The molecule has 7 nitrogen and oxygen atoms in total. The minimum Gasteiger partial charge on any atom is -0.478 e. The molecule has 10 heteroatoms. The van der Waals surface area contributed by atoms with Gasteiger partial charge in [-0.05, 0) is 12.1 Å². The molecule has 118 valence electrons. The molecule has 0 aliphatic rings. The molecule has 0 radical (unpaired) electrons. The Morgan fingerprint density at radius 1 is 1.24 bits per heavy atom. The van der Waals surface area contributed by atoms with Crippen molar-refractivity contribution in [2.75, 3.05) is 26.3 Å². The van der Waals surface area contributed by atoms with E-state index in [1.165, 1.54) is 0 Å². The van der Waals surface area contributed by atoms with Gasteiger partial charge in [0.15, 0.2) is 5.82 Å². The molecule has 0 saturated heterocycles. The first-order chi connectivity index (χ1) is 9.75. The molecule has 1 rings (SSSR count). The van der Waals surface area contributed by atoms with Crippen LogP contribution in [0.5, 0.6) is 0 Å². The summed E-state index contributed by atoms with van der Waals surface area (Å²) >= 11 is 5.62. The van der Waals surface area contributed by atoms with E-state index in [9.17, 15) is 17.6 Å². The summed E-state index contributed by atoms with van der Waals surface area (Å²) in [4.78, 5) is 9.97. The Morgan fingerprint density at radius 2 is 1.76 bits per heavy atom. The molecule has 0 saturated carbocycles. The first kappa shape index (κ1) is 17.8. The number of hydrogen-bond donors (Lipinski definition) is 3. The van der Waals surface area contributed by atoms with E-state index in [0.29, 0.717) is 4.31 Å². The van der Waals surface area contributed by atoms with Gasteiger partial charge in [-0.2, -0.15) is 4.31 Å². The minimum atomic E-state index is -4.44. The lowest BCUT2D eigenvalue weighted by Crippen LogP contribution is -2.36. The monoisotopic (exact) mass is 341 g/mol. The highest BCUT2D eigenvalue weighted by Gasteiger charge is 2.30. The smallest absolute Gasteiger partial charge is 0.338 e. The fourth-order valence-corrected chi connectivity index (χ4v) is 3.44. The van der Waals surface area contributed by atoms with Crippen molar-refractivity contribution in [2.45, 2.75) is 4.90 Å². The molecule has 0 aromatic heterocycles. The first-order valence-corrected chi connectivity index (χ1v) is 7.51. The number of hydrogen-bond acceptors (Lipinski definition) is 5. The van der Waals surface area contributed by atoms with E-state index in [0.717, 1.165) is 12.1 Å². The second-order valence-corrected chi connectivity index (χ2v) is 6.26. The molecule has 0 amide bonds. The zero-order valence-electron chi connectivity index (χ0n) is 10.7. The number of benzene rings is 1. The number of nitrogens with zero attached hydrogens (tertiary/aromatic N) is 1. The highest BCUT2D eigenvalue weighted by atomic mass is 35.5. The summed E-state index contributed by atoms with van der Waals surface area (Å²) in [6.45, 7) is -1.85. The van der Waals surface area contributed by atoms with Crippen LogP contribution in [0.3, 0.4) is 0 Å². The van der Waals surface area contributed by atoms with Crippen LogP contribution in [0.25, 0.3) is 0 Å². The molecular weight excluding hydrogens is 329 g/mol. The van der Waals surface area contributed by atoms with Crippen LogP contribution < -0.4 is 0 Å². The average Bonchev–Trinajstić information content (AvgIpc) is 2.40. The largest absolute Gasteiger partial charge is 0.478 e. The van der Waals surface area contributed by atoms with Crippen LogP contribution >= 0.6 is 11.6 Å². The second-order valence-electron chi connectivity index (χ2n) is 3.92. The van der Waals surface area contributed by atoms with E-state index < -0.39 is 45.5 Å². The molecule has 1 aromatic carbocycles. The third-order valence-electron chi connectivity index (χ3n) is 2.55. The van der Waals surface area contributed by atoms with Crippen molar-refractivity contribution in [1.82, 2.24) is 4.31 Å². The normalized spacial score (nSPS) is 11.9. The minimum absolute atomic E-state index is 0.264. The third kappa shape index (κ3) is 3.89. The van der Waals surface area contributed by atoms with Crippen LogP contribution in [-0.4, -0.2) is 60.3 Å². The number of carbonyl (C=O) groups is 1. The van der Waals surface area contributed by atoms with Crippen molar-refractivity contribution in [3.63, 3.8) is 0 Å². The maximum absolute atomic E-state index is 14.1. The summed E-state index contributed by atoms with van der Waals surface area (Å²) in [5.74, 6) is -3.12. The van der Waals surface area contributed by atoms with E-state index in [1.54, 1.807) is 0 Å². The number of sulfonamides is 1. The number of carboxylic acid groups (broad SMARTS) is 1. The molecular formula is C11H13ClFNO6S. The van der Waals surface area contributed by atoms with E-state index in [4.69, 9.17) is 26.9 Å². The number of rotatable bonds is 7. The highest BCUT2D eigenvalue weighted by Crippen LogP contribution is 2.26. The number of carboxylic acids is 1. The molecule has 0 unspecified atom stereocenters. The Hall–Kier alpha value is -1.26. The summed E-state index contributed by atoms with van der Waals surface area (Å²) in [5, 5.41) is 26.3. The molecule has 3 N–H and O–H groups in total. The van der Waals surface area contributed by atoms with Gasteiger partial charge in [0.1, 0.15) is 4.90 Å². The van der Waals surface area contributed by atoms with Crippen LogP contribution in [-0.2, 0) is 10.0 Å². The van der Waals surface area contributed by atoms with Crippen molar-refractivity contribution in [2.24, 2.45) is 0 Å². The number of aromatic carboxylic acids is 1. The van der Waals surface area contributed by atoms with Crippen LogP contribution in [0, 0.1) is 5.82 Å². The Morgan fingerprint density at radius 3 is 2.19 bits per heavy atom. The summed E-state index contributed by atoms with van der Waals surface area (Å²) in [6.07, 6.45) is 0. The van der Waals surface area contributed by atoms with Gasteiger partial charge < -0.3 is 15.3 Å². The lowest BCUT2D eigenvalue weighted by atomic mass is 10.2. The van der Waals surface area contributed by atoms with Gasteiger partial charge in [0.2, 0.25) is 10.0 Å². The van der Waals surface area contributed by atoms with Gasteiger partial charge in [0.05, 0.1) is 18.8 Å². The predicted molar refractivity (Wildman–Crippen MR) is 71.3 cm³/mol. The van der Waals surface area contributed by atoms with Crippen molar-refractivity contribution >= 4 is 27.6 Å². The van der Waals surface area contributed by atoms with Gasteiger partial charge in [-0.1, -0.05) is 11.6 Å². The molecule has 0 spiro atoms. The third-order valence-corrected chi connectivity index (χ3v) is 4.67. The van der Waals surface area contributed by atoms with E-state index in [-0.39, 0.29) is 18.1 Å². The number of halogens is 2. The van der Waals surface area contributed by atoms with Crippen molar-refractivity contribution < 1.29 is 32.9 Å². The van der Waals surface area contributed by atoms with E-state index >= 15 is 0 Å². The van der Waals surface area contributed by atoms with Gasteiger partial charge in [-0.25, -0.2) is 17.6 Å². The van der Waals surface area contributed by atoms with Gasteiger partial charge in [0.25, 0.3) is 0 Å². The molecule has 0 aliphatic heterocycles. The molecule has 0 bridgehead atoms. The van der Waals surface area contributed by atoms with Crippen LogP contribution in [0.2, 0.25) is 5.02 Å². The Bertz CT molecular complexity index is 630. The molecule has 0 aliphatic carbocycles. The summed E-state index contributed by atoms with van der Waals surface area (Å²) in [6, 6.07) is 1.57. The second kappa shape index (κ2) is 7.14. The van der Waals surface area contributed by atoms with Crippen LogP contribution in [0.15, 0.2) is 17.0 Å². The van der Waals surface area contributed by atoms with E-state index in [1.807, 2.05) is 0 Å². The summed E-state index contributed by atoms with van der Waals surface area (Å²) in [7, 11) is -4.44. The Kier molecular flexibility index (Phi) is 6.05. The molecule has 0 atom stereocenters. The summed E-state index contributed by atoms with van der Waals surface area (Å²) < 4.78 is 39.2. The zero-order chi connectivity index (χ0) is 16.2. The SMILES string of the molecule is O=C(O)c1cc(Cl)cc(S(=O)(=O)N(CCO)CCO)c1F. The highest BCUT2D eigenvalue weighted by molar-refractivity contribution is 7.89. The maximum Gasteiger partial charge on any atom is 0.338 e. The number of aliphatic hydroxyl groups is 2. The number of aliphatic hydroxyl groups excluding tert-OH is 2. The quantitative estimate of drug-likeness (QED) is 0.650. The predicted octanol–water partition coefficient (Wildman–Crippen LogP) is 0.153. The fourth-order valence-electron chi connectivity index (χ4n) is 1.62. The van der Waals surface area contributed by atoms with Gasteiger partial charge in [-0.15, -0.1) is 0 Å². The molecule has 0 fully saturated rings. The molecule has 0 heterocycles. The standard InChI is InChI=1S/C11H13ClFNO6S/c12-7-5-8(11(17)18)10(13)9(6-7)21(19,20)14(1-3-15)2-4-16/h5-6,15-16H,1-4H2,(H,17,18). The topological polar surface area (TPSA) is 115 Å². The van der Waals surface area contributed by atoms with Crippen LogP contribution in [0.4, 0.5) is 4.39 Å². The molecule has 21 heavy (non-hydrogen) atoms. The molecule has 1 aromatic rings. The van der Waals surface area contributed by atoms with Crippen molar-refractivity contribution in [3.05, 3.63) is 28.5 Å².